The first kappa shape index (κ1) is 10.3. The third-order valence-electron chi connectivity index (χ3n) is 2.67. The molecular formula is C11H13N3S. The highest BCUT2D eigenvalue weighted by atomic mass is 32.2. The second kappa shape index (κ2) is 4.54. The summed E-state index contributed by atoms with van der Waals surface area (Å²) in [4.78, 5) is 4.30. The van der Waals surface area contributed by atoms with E-state index in [1.54, 1.807) is 0 Å². The lowest BCUT2D eigenvalue weighted by molar-refractivity contribution is 0.776. The number of aromatic nitrogens is 1. The minimum Gasteiger partial charge on any atom is -0.261 e. The van der Waals surface area contributed by atoms with Crippen LogP contribution in [0.3, 0.4) is 0 Å². The Labute approximate surface area is 92.3 Å². The highest BCUT2D eigenvalue weighted by Crippen LogP contribution is 2.27. The van der Waals surface area contributed by atoms with Gasteiger partial charge in [0.05, 0.1) is 0 Å². The first-order valence-corrected chi connectivity index (χ1v) is 6.51. The molecule has 2 rings (SSSR count). The largest absolute Gasteiger partial charge is 0.261 e. The van der Waals surface area contributed by atoms with E-state index in [-0.39, 0.29) is 10.7 Å². The van der Waals surface area contributed by atoms with Gasteiger partial charge in [-0.2, -0.15) is 9.62 Å². The number of rotatable bonds is 1. The van der Waals surface area contributed by atoms with Crippen molar-refractivity contribution in [1.82, 2.24) is 4.98 Å². The third-order valence-corrected chi connectivity index (χ3v) is 4.51. The Hall–Kier alpha value is -1.21. The van der Waals surface area contributed by atoms with E-state index in [1.807, 2.05) is 25.4 Å². The monoisotopic (exact) mass is 219 g/mol. The summed E-state index contributed by atoms with van der Waals surface area (Å²) < 4.78 is 3.93. The molecule has 0 N–H and O–H groups in total. The topological polar surface area (TPSA) is 49.0 Å². The molecule has 4 heteroatoms. The molecule has 2 atom stereocenters. The molecule has 1 aromatic heterocycles. The fourth-order valence-corrected chi connectivity index (χ4v) is 3.63. The van der Waals surface area contributed by atoms with Crippen LogP contribution < -0.4 is 0 Å². The van der Waals surface area contributed by atoms with Crippen LogP contribution in [-0.4, -0.2) is 16.5 Å². The lowest BCUT2D eigenvalue weighted by Crippen LogP contribution is -1.99. The summed E-state index contributed by atoms with van der Waals surface area (Å²) in [5, 5.41) is 8.50. The maximum absolute atomic E-state index is 8.50. The molecule has 0 amide bonds. The number of nitrogens with zero attached hydrogens (tertiary/aromatic N) is 3. The molecule has 1 aliphatic rings. The van der Waals surface area contributed by atoms with Crippen LogP contribution in [0.25, 0.3) is 0 Å². The average Bonchev–Trinajstić information content (AvgIpc) is 2.68. The highest BCUT2D eigenvalue weighted by Gasteiger charge is 2.21. The molecule has 0 saturated carbocycles. The van der Waals surface area contributed by atoms with E-state index < -0.39 is 0 Å². The van der Waals surface area contributed by atoms with Gasteiger partial charge in [0.15, 0.2) is 0 Å². The van der Waals surface area contributed by atoms with Crippen molar-refractivity contribution in [2.45, 2.75) is 19.3 Å². The van der Waals surface area contributed by atoms with Crippen molar-refractivity contribution >= 4 is 10.7 Å². The molecule has 2 heterocycles. The molecule has 0 aliphatic carbocycles. The van der Waals surface area contributed by atoms with Crippen LogP contribution in [0.15, 0.2) is 22.7 Å². The molecule has 2 unspecified atom stereocenters. The van der Waals surface area contributed by atoms with E-state index in [0.29, 0.717) is 5.92 Å². The van der Waals surface area contributed by atoms with Gasteiger partial charge in [-0.15, -0.1) is 0 Å². The summed E-state index contributed by atoms with van der Waals surface area (Å²) in [6, 6.07) is 4.19. The summed E-state index contributed by atoms with van der Waals surface area (Å²) in [7, 11) is -0.0271. The van der Waals surface area contributed by atoms with Crippen LogP contribution in [0.5, 0.6) is 0 Å². The fourth-order valence-electron chi connectivity index (χ4n) is 1.80. The SMILES string of the molecule is Cc1ccc(C2CCS(=NC#N)C2)cn1. The first-order chi connectivity index (χ1) is 7.29. The van der Waals surface area contributed by atoms with Gasteiger partial charge in [0.2, 0.25) is 6.19 Å². The van der Waals surface area contributed by atoms with Crippen molar-refractivity contribution in [3.05, 3.63) is 29.6 Å². The molecule has 0 bridgehead atoms. The normalized spacial score (nSPS) is 25.3. The molecule has 1 aromatic rings. The zero-order valence-electron chi connectivity index (χ0n) is 8.68. The van der Waals surface area contributed by atoms with E-state index in [0.717, 1.165) is 23.6 Å². The van der Waals surface area contributed by atoms with E-state index in [2.05, 4.69) is 15.4 Å². The van der Waals surface area contributed by atoms with Crippen LogP contribution in [0.2, 0.25) is 0 Å². The van der Waals surface area contributed by atoms with Gasteiger partial charge >= 0.3 is 0 Å². The molecular weight excluding hydrogens is 206 g/mol. The minimum absolute atomic E-state index is 0.0271. The van der Waals surface area contributed by atoms with Crippen molar-refractivity contribution < 1.29 is 0 Å². The van der Waals surface area contributed by atoms with Gasteiger partial charge in [-0.1, -0.05) is 16.8 Å². The smallest absolute Gasteiger partial charge is 0.212 e. The van der Waals surface area contributed by atoms with E-state index in [4.69, 9.17) is 5.26 Å². The lowest BCUT2D eigenvalue weighted by atomic mass is 10.0. The Balaban J connectivity index is 2.12. The van der Waals surface area contributed by atoms with E-state index >= 15 is 0 Å². The molecule has 78 valence electrons. The van der Waals surface area contributed by atoms with Crippen LogP contribution in [-0.2, 0) is 10.7 Å². The number of nitriles is 1. The Morgan fingerprint density at radius 3 is 3.13 bits per heavy atom. The third kappa shape index (κ3) is 2.42. The Morgan fingerprint density at radius 1 is 1.60 bits per heavy atom. The fraction of sp³-hybridized carbons (Fsp3) is 0.455. The van der Waals surface area contributed by atoms with Crippen molar-refractivity contribution in [2.75, 3.05) is 11.5 Å². The quantitative estimate of drug-likeness (QED) is 0.679. The summed E-state index contributed by atoms with van der Waals surface area (Å²) >= 11 is 0. The van der Waals surface area contributed by atoms with E-state index in [1.165, 1.54) is 5.56 Å². The van der Waals surface area contributed by atoms with E-state index in [9.17, 15) is 0 Å². The van der Waals surface area contributed by atoms with Gasteiger partial charge in [0.1, 0.15) is 0 Å². The Bertz CT molecular complexity index is 416. The summed E-state index contributed by atoms with van der Waals surface area (Å²) in [6.07, 6.45) is 5.01. The number of aryl methyl sites for hydroxylation is 1. The standard InChI is InChI=1S/C11H13N3S/c1-9-2-3-10(6-13-9)11-4-5-15(7-11)14-8-12/h2-3,6,11H,4-5,7H2,1H3. The Kier molecular flexibility index (Phi) is 3.12. The lowest BCUT2D eigenvalue weighted by Gasteiger charge is -2.07. The van der Waals surface area contributed by atoms with Gasteiger partial charge in [0, 0.05) is 23.4 Å². The molecule has 3 nitrogen and oxygen atoms in total. The summed E-state index contributed by atoms with van der Waals surface area (Å²) in [5.41, 5.74) is 2.35. The number of hydrogen-bond donors (Lipinski definition) is 0. The average molecular weight is 219 g/mol. The van der Waals surface area contributed by atoms with Crippen molar-refractivity contribution in [3.8, 4) is 6.19 Å². The predicted molar refractivity (Wildman–Crippen MR) is 61.5 cm³/mol. The van der Waals surface area contributed by atoms with Gasteiger partial charge in [-0.25, -0.2) is 0 Å². The van der Waals surface area contributed by atoms with Gasteiger partial charge in [-0.05, 0) is 30.9 Å². The first-order valence-electron chi connectivity index (χ1n) is 4.99. The maximum Gasteiger partial charge on any atom is 0.212 e. The van der Waals surface area contributed by atoms with Gasteiger partial charge < -0.3 is 0 Å². The highest BCUT2D eigenvalue weighted by molar-refractivity contribution is 7.87. The van der Waals surface area contributed by atoms with Crippen LogP contribution in [0.1, 0.15) is 23.6 Å². The van der Waals surface area contributed by atoms with Crippen molar-refractivity contribution in [2.24, 2.45) is 4.36 Å². The van der Waals surface area contributed by atoms with Crippen molar-refractivity contribution in [1.29, 1.82) is 5.26 Å². The molecule has 0 aromatic carbocycles. The summed E-state index contributed by atoms with van der Waals surface area (Å²) in [6.45, 7) is 1.99. The molecule has 1 saturated heterocycles. The maximum atomic E-state index is 8.50. The predicted octanol–water partition coefficient (Wildman–Crippen LogP) is 2.16. The molecule has 0 radical (unpaired) electrons. The second-order valence-corrected chi connectivity index (χ2v) is 5.59. The Morgan fingerprint density at radius 2 is 2.47 bits per heavy atom. The molecule has 1 aliphatic heterocycles. The van der Waals surface area contributed by atoms with Crippen LogP contribution in [0, 0.1) is 18.4 Å². The van der Waals surface area contributed by atoms with Crippen LogP contribution in [0.4, 0.5) is 0 Å². The summed E-state index contributed by atoms with van der Waals surface area (Å²) in [5.74, 6) is 2.64. The van der Waals surface area contributed by atoms with Crippen LogP contribution >= 0.6 is 0 Å². The van der Waals surface area contributed by atoms with Crippen molar-refractivity contribution in [3.63, 3.8) is 0 Å². The molecule has 0 spiro atoms. The van der Waals surface area contributed by atoms with Gasteiger partial charge in [-0.3, -0.25) is 4.98 Å². The second-order valence-electron chi connectivity index (χ2n) is 3.74. The molecule has 15 heavy (non-hydrogen) atoms. The zero-order chi connectivity index (χ0) is 10.7. The number of hydrogen-bond acceptors (Lipinski definition) is 3. The minimum atomic E-state index is -0.0271. The zero-order valence-corrected chi connectivity index (χ0v) is 9.50. The van der Waals surface area contributed by atoms with Gasteiger partial charge in [0.25, 0.3) is 0 Å². The molecule has 1 fully saturated rings. The number of pyridine rings is 1.